The van der Waals surface area contributed by atoms with Gasteiger partial charge in [-0.05, 0) is 19.8 Å². The third kappa shape index (κ3) is 3.46. The molecule has 104 valence electrons. The molecule has 7 heteroatoms. The molecule has 1 aliphatic heterocycles. The Balaban J connectivity index is 1.84. The van der Waals surface area contributed by atoms with Crippen LogP contribution in [0.5, 0.6) is 0 Å². The summed E-state index contributed by atoms with van der Waals surface area (Å²) >= 11 is 0. The maximum absolute atomic E-state index is 11.9. The molecular weight excluding hydrogens is 250 g/mol. The lowest BCUT2D eigenvalue weighted by Crippen LogP contribution is -2.46. The Morgan fingerprint density at radius 3 is 3.05 bits per heavy atom. The summed E-state index contributed by atoms with van der Waals surface area (Å²) in [6.07, 6.45) is 2.92. The van der Waals surface area contributed by atoms with E-state index in [9.17, 15) is 9.59 Å². The van der Waals surface area contributed by atoms with E-state index in [1.165, 1.54) is 4.90 Å². The van der Waals surface area contributed by atoms with Crippen LogP contribution in [0.15, 0.2) is 10.6 Å². The lowest BCUT2D eigenvalue weighted by atomic mass is 9.99. The number of amides is 2. The van der Waals surface area contributed by atoms with Crippen molar-refractivity contribution >= 4 is 12.0 Å². The largest absolute Gasteiger partial charge is 0.481 e. The molecule has 19 heavy (non-hydrogen) atoms. The van der Waals surface area contributed by atoms with Gasteiger partial charge in [-0.1, -0.05) is 0 Å². The molecule has 2 amide bonds. The molecule has 0 bridgehead atoms. The fourth-order valence-corrected chi connectivity index (χ4v) is 2.11. The van der Waals surface area contributed by atoms with Crippen LogP contribution in [-0.4, -0.2) is 40.1 Å². The van der Waals surface area contributed by atoms with Gasteiger partial charge in [0.2, 0.25) is 5.89 Å². The smallest absolute Gasteiger partial charge is 0.317 e. The SMILES string of the molecule is Cc1cnc(CNC(=O)N2CCCC(C(=O)O)C2)o1. The van der Waals surface area contributed by atoms with Crippen LogP contribution in [0.1, 0.15) is 24.5 Å². The molecule has 1 atom stereocenters. The van der Waals surface area contributed by atoms with Crippen molar-refractivity contribution in [3.8, 4) is 0 Å². The van der Waals surface area contributed by atoms with Crippen LogP contribution in [0, 0.1) is 12.8 Å². The van der Waals surface area contributed by atoms with Gasteiger partial charge in [0.15, 0.2) is 0 Å². The minimum Gasteiger partial charge on any atom is -0.481 e. The van der Waals surface area contributed by atoms with Gasteiger partial charge in [0, 0.05) is 13.1 Å². The quantitative estimate of drug-likeness (QED) is 0.851. The number of aliphatic carboxylic acids is 1. The fraction of sp³-hybridized carbons (Fsp3) is 0.583. The van der Waals surface area contributed by atoms with Crippen molar-refractivity contribution < 1.29 is 19.1 Å². The second-order valence-corrected chi connectivity index (χ2v) is 4.65. The highest BCUT2D eigenvalue weighted by molar-refractivity contribution is 5.76. The van der Waals surface area contributed by atoms with E-state index in [0.717, 1.165) is 0 Å². The number of piperidine rings is 1. The van der Waals surface area contributed by atoms with Crippen molar-refractivity contribution in [1.82, 2.24) is 15.2 Å². The van der Waals surface area contributed by atoms with Crippen LogP contribution in [0.4, 0.5) is 4.79 Å². The molecule has 2 N–H and O–H groups in total. The second-order valence-electron chi connectivity index (χ2n) is 4.65. The summed E-state index contributed by atoms with van der Waals surface area (Å²) in [6.45, 7) is 2.83. The van der Waals surface area contributed by atoms with E-state index in [1.54, 1.807) is 13.1 Å². The second kappa shape index (κ2) is 5.73. The number of likely N-dealkylation sites (tertiary alicyclic amines) is 1. The molecule has 1 fully saturated rings. The number of carbonyl (C=O) groups is 2. The van der Waals surface area contributed by atoms with Crippen molar-refractivity contribution in [1.29, 1.82) is 0 Å². The Labute approximate surface area is 110 Å². The Morgan fingerprint density at radius 2 is 2.42 bits per heavy atom. The summed E-state index contributed by atoms with van der Waals surface area (Å²) in [5.41, 5.74) is 0. The van der Waals surface area contributed by atoms with Crippen LogP contribution in [0.3, 0.4) is 0 Å². The van der Waals surface area contributed by atoms with E-state index < -0.39 is 11.9 Å². The van der Waals surface area contributed by atoms with Gasteiger partial charge in [-0.25, -0.2) is 9.78 Å². The first-order chi connectivity index (χ1) is 9.06. The Hall–Kier alpha value is -2.05. The summed E-state index contributed by atoms with van der Waals surface area (Å²) in [6, 6.07) is -0.276. The van der Waals surface area contributed by atoms with Gasteiger partial charge in [-0.3, -0.25) is 4.79 Å². The molecule has 0 aliphatic carbocycles. The summed E-state index contributed by atoms with van der Waals surface area (Å²) in [5, 5.41) is 11.6. The van der Waals surface area contributed by atoms with Gasteiger partial charge in [0.1, 0.15) is 5.76 Å². The zero-order valence-corrected chi connectivity index (χ0v) is 10.8. The van der Waals surface area contributed by atoms with Crippen molar-refractivity contribution in [3.63, 3.8) is 0 Å². The van der Waals surface area contributed by atoms with Gasteiger partial charge in [-0.2, -0.15) is 0 Å². The third-order valence-electron chi connectivity index (χ3n) is 3.12. The summed E-state index contributed by atoms with van der Waals surface area (Å²) < 4.78 is 5.24. The average Bonchev–Trinajstić information content (AvgIpc) is 2.82. The number of nitrogens with one attached hydrogen (secondary N) is 1. The standard InChI is InChI=1S/C12H17N3O4/c1-8-5-13-10(19-8)6-14-12(18)15-4-2-3-9(7-15)11(16)17/h5,9H,2-4,6-7H2,1H3,(H,14,18)(H,16,17). The normalized spacial score (nSPS) is 19.2. The number of aromatic nitrogens is 1. The van der Waals surface area contributed by atoms with E-state index in [-0.39, 0.29) is 19.1 Å². The number of rotatable bonds is 3. The molecule has 0 saturated carbocycles. The van der Waals surface area contributed by atoms with Crippen LogP contribution >= 0.6 is 0 Å². The first kappa shape index (κ1) is 13.4. The van der Waals surface area contributed by atoms with Gasteiger partial charge in [-0.15, -0.1) is 0 Å². The lowest BCUT2D eigenvalue weighted by molar-refractivity contribution is -0.143. The topological polar surface area (TPSA) is 95.7 Å². The van der Waals surface area contributed by atoms with Gasteiger partial charge in [0.25, 0.3) is 0 Å². The Kier molecular flexibility index (Phi) is 4.03. The highest BCUT2D eigenvalue weighted by Crippen LogP contribution is 2.16. The number of aryl methyl sites for hydroxylation is 1. The maximum atomic E-state index is 11.9. The maximum Gasteiger partial charge on any atom is 0.317 e. The van der Waals surface area contributed by atoms with Gasteiger partial charge in [0.05, 0.1) is 18.7 Å². The molecule has 1 saturated heterocycles. The van der Waals surface area contributed by atoms with E-state index in [4.69, 9.17) is 9.52 Å². The molecule has 2 heterocycles. The van der Waals surface area contributed by atoms with Crippen molar-refractivity contribution in [3.05, 3.63) is 17.8 Å². The molecule has 1 unspecified atom stereocenters. The molecule has 2 rings (SSSR count). The van der Waals surface area contributed by atoms with Crippen molar-refractivity contribution in [2.24, 2.45) is 5.92 Å². The average molecular weight is 267 g/mol. The van der Waals surface area contributed by atoms with E-state index in [1.807, 2.05) is 0 Å². The number of carboxylic acid groups (broad SMARTS) is 1. The van der Waals surface area contributed by atoms with Crippen LogP contribution in [-0.2, 0) is 11.3 Å². The number of hydrogen-bond donors (Lipinski definition) is 2. The number of carboxylic acids is 1. The van der Waals surface area contributed by atoms with Crippen molar-refractivity contribution in [2.45, 2.75) is 26.3 Å². The summed E-state index contributed by atoms with van der Waals surface area (Å²) in [4.78, 5) is 28.3. The van der Waals surface area contributed by atoms with Gasteiger partial charge >= 0.3 is 12.0 Å². The molecule has 0 aromatic carbocycles. The summed E-state index contributed by atoms with van der Waals surface area (Å²) in [5.74, 6) is -0.185. The monoisotopic (exact) mass is 267 g/mol. The predicted molar refractivity (Wildman–Crippen MR) is 65.4 cm³/mol. The zero-order valence-electron chi connectivity index (χ0n) is 10.8. The number of nitrogens with zero attached hydrogens (tertiary/aromatic N) is 2. The van der Waals surface area contributed by atoms with E-state index >= 15 is 0 Å². The highest BCUT2D eigenvalue weighted by Gasteiger charge is 2.28. The molecular formula is C12H17N3O4. The third-order valence-corrected chi connectivity index (χ3v) is 3.12. The first-order valence-electron chi connectivity index (χ1n) is 6.23. The molecule has 1 aliphatic rings. The highest BCUT2D eigenvalue weighted by atomic mass is 16.4. The molecule has 1 aromatic heterocycles. The van der Waals surface area contributed by atoms with Crippen LogP contribution in [0.2, 0.25) is 0 Å². The number of hydrogen-bond acceptors (Lipinski definition) is 4. The predicted octanol–water partition coefficient (Wildman–Crippen LogP) is 0.989. The Morgan fingerprint density at radius 1 is 1.63 bits per heavy atom. The van der Waals surface area contributed by atoms with Crippen molar-refractivity contribution in [2.75, 3.05) is 13.1 Å². The van der Waals surface area contributed by atoms with E-state index in [2.05, 4.69) is 10.3 Å². The number of carbonyl (C=O) groups excluding carboxylic acids is 1. The first-order valence-corrected chi connectivity index (χ1v) is 6.23. The lowest BCUT2D eigenvalue weighted by Gasteiger charge is -2.30. The molecule has 0 radical (unpaired) electrons. The minimum atomic E-state index is -0.846. The molecule has 7 nitrogen and oxygen atoms in total. The minimum absolute atomic E-state index is 0.209. The van der Waals surface area contributed by atoms with Crippen LogP contribution in [0.25, 0.3) is 0 Å². The Bertz CT molecular complexity index is 471. The number of oxazole rings is 1. The van der Waals surface area contributed by atoms with E-state index in [0.29, 0.717) is 31.0 Å². The van der Waals surface area contributed by atoms with Gasteiger partial charge < -0.3 is 19.7 Å². The zero-order chi connectivity index (χ0) is 13.8. The van der Waals surface area contributed by atoms with Crippen LogP contribution < -0.4 is 5.32 Å². The molecule has 1 aromatic rings. The molecule has 0 spiro atoms. The fourth-order valence-electron chi connectivity index (χ4n) is 2.11. The summed E-state index contributed by atoms with van der Waals surface area (Å²) in [7, 11) is 0. The number of urea groups is 1.